The zero-order valence-corrected chi connectivity index (χ0v) is 14.3. The summed E-state index contributed by atoms with van der Waals surface area (Å²) in [7, 11) is 0. The molecule has 128 valence electrons. The Balaban J connectivity index is 0.00000264. The van der Waals surface area contributed by atoms with Crippen LogP contribution in [0.1, 0.15) is 31.7 Å². The number of nitrogens with one attached hydrogen (secondary N) is 2. The Hall–Kier alpha value is -1.59. The summed E-state index contributed by atoms with van der Waals surface area (Å²) in [6.07, 6.45) is 3.15. The number of primary amides is 1. The number of hydrogen-bond donors (Lipinski definition) is 3. The summed E-state index contributed by atoms with van der Waals surface area (Å²) < 4.78 is 0. The molecule has 0 aliphatic carbocycles. The van der Waals surface area contributed by atoms with Gasteiger partial charge in [0.1, 0.15) is 0 Å². The van der Waals surface area contributed by atoms with E-state index in [4.69, 9.17) is 5.73 Å². The van der Waals surface area contributed by atoms with Crippen molar-refractivity contribution < 1.29 is 9.59 Å². The normalized spacial score (nSPS) is 18.6. The van der Waals surface area contributed by atoms with E-state index in [1.54, 1.807) is 0 Å². The average Bonchev–Trinajstić information content (AvgIpc) is 2.49. The quantitative estimate of drug-likeness (QED) is 0.742. The molecule has 0 spiro atoms. The van der Waals surface area contributed by atoms with E-state index in [1.165, 1.54) is 12.8 Å². The Morgan fingerprint density at radius 2 is 2.04 bits per heavy atom. The Morgan fingerprint density at radius 3 is 2.61 bits per heavy atom. The highest BCUT2D eigenvalue weighted by molar-refractivity contribution is 5.90. The third-order valence-electron chi connectivity index (χ3n) is 4.26. The number of amides is 2. The van der Waals surface area contributed by atoms with E-state index in [0.29, 0.717) is 18.3 Å². The zero-order valence-electron chi connectivity index (χ0n) is 13.5. The van der Waals surface area contributed by atoms with Gasteiger partial charge in [-0.25, -0.2) is 0 Å². The summed E-state index contributed by atoms with van der Waals surface area (Å²) in [5.74, 6) is 0.645. The Kier molecular flexibility index (Phi) is 8.06. The number of anilines is 1. The number of carbonyl (C=O) groups is 2. The summed E-state index contributed by atoms with van der Waals surface area (Å²) in [4.78, 5) is 23.0. The SMILES string of the molecule is CC(CC(=O)Nc1ccc(CC(N)=O)cc1)C1CCCNC1.Cl. The molecule has 23 heavy (non-hydrogen) atoms. The fraction of sp³-hybridized carbons (Fsp3) is 0.529. The van der Waals surface area contributed by atoms with Gasteiger partial charge in [-0.2, -0.15) is 0 Å². The lowest BCUT2D eigenvalue weighted by Crippen LogP contribution is -2.34. The molecule has 1 aromatic carbocycles. The number of carbonyl (C=O) groups excluding carboxylic acids is 2. The molecule has 1 saturated heterocycles. The van der Waals surface area contributed by atoms with Gasteiger partial charge in [-0.15, -0.1) is 12.4 Å². The molecule has 1 aliphatic heterocycles. The first-order valence-corrected chi connectivity index (χ1v) is 7.92. The molecule has 2 atom stereocenters. The van der Waals surface area contributed by atoms with Crippen molar-refractivity contribution in [1.82, 2.24) is 5.32 Å². The van der Waals surface area contributed by atoms with Crippen LogP contribution in [0.15, 0.2) is 24.3 Å². The van der Waals surface area contributed by atoms with Crippen LogP contribution < -0.4 is 16.4 Å². The smallest absolute Gasteiger partial charge is 0.224 e. The van der Waals surface area contributed by atoms with Gasteiger partial charge >= 0.3 is 0 Å². The van der Waals surface area contributed by atoms with Gasteiger partial charge in [-0.05, 0) is 55.5 Å². The number of hydrogen-bond acceptors (Lipinski definition) is 3. The van der Waals surface area contributed by atoms with Crippen molar-refractivity contribution in [3.05, 3.63) is 29.8 Å². The van der Waals surface area contributed by atoms with Crippen LogP contribution in [0.4, 0.5) is 5.69 Å². The third kappa shape index (κ3) is 6.59. The van der Waals surface area contributed by atoms with Crippen molar-refractivity contribution in [2.75, 3.05) is 18.4 Å². The van der Waals surface area contributed by atoms with Crippen molar-refractivity contribution in [2.24, 2.45) is 17.6 Å². The lowest BCUT2D eigenvalue weighted by atomic mass is 9.85. The van der Waals surface area contributed by atoms with Gasteiger partial charge in [0.05, 0.1) is 6.42 Å². The summed E-state index contributed by atoms with van der Waals surface area (Å²) in [5.41, 5.74) is 6.77. The molecule has 6 heteroatoms. The lowest BCUT2D eigenvalue weighted by Gasteiger charge is -2.28. The standard InChI is InChI=1S/C17H25N3O2.ClH/c1-12(14-3-2-8-19-11-14)9-17(22)20-15-6-4-13(5-7-15)10-16(18)21;/h4-7,12,14,19H,2-3,8-11H2,1H3,(H2,18,21)(H,20,22);1H. The first-order chi connectivity index (χ1) is 10.5. The van der Waals surface area contributed by atoms with Gasteiger partial charge in [0.2, 0.25) is 11.8 Å². The minimum Gasteiger partial charge on any atom is -0.369 e. The first kappa shape index (κ1) is 19.5. The van der Waals surface area contributed by atoms with Crippen molar-refractivity contribution >= 4 is 29.9 Å². The Morgan fingerprint density at radius 1 is 1.35 bits per heavy atom. The third-order valence-corrected chi connectivity index (χ3v) is 4.26. The van der Waals surface area contributed by atoms with Gasteiger partial charge in [-0.3, -0.25) is 9.59 Å². The van der Waals surface area contributed by atoms with Crippen LogP contribution in [-0.2, 0) is 16.0 Å². The molecule has 1 heterocycles. The summed E-state index contributed by atoms with van der Waals surface area (Å²) in [6.45, 7) is 4.25. The lowest BCUT2D eigenvalue weighted by molar-refractivity contribution is -0.118. The first-order valence-electron chi connectivity index (χ1n) is 7.92. The molecule has 0 aromatic heterocycles. The Labute approximate surface area is 143 Å². The van der Waals surface area contributed by atoms with Crippen LogP contribution in [0.2, 0.25) is 0 Å². The second kappa shape index (κ2) is 9.53. The van der Waals surface area contributed by atoms with E-state index >= 15 is 0 Å². The fourth-order valence-electron chi connectivity index (χ4n) is 2.94. The monoisotopic (exact) mass is 339 g/mol. The van der Waals surface area contributed by atoms with Crippen LogP contribution >= 0.6 is 12.4 Å². The molecular weight excluding hydrogens is 314 g/mol. The van der Waals surface area contributed by atoms with Crippen molar-refractivity contribution in [1.29, 1.82) is 0 Å². The highest BCUT2D eigenvalue weighted by Crippen LogP contribution is 2.23. The minimum absolute atomic E-state index is 0. The fourth-order valence-corrected chi connectivity index (χ4v) is 2.94. The number of rotatable bonds is 6. The van der Waals surface area contributed by atoms with Gasteiger partial charge in [0.15, 0.2) is 0 Å². The maximum absolute atomic E-state index is 12.1. The molecule has 0 radical (unpaired) electrons. The van der Waals surface area contributed by atoms with E-state index in [0.717, 1.165) is 24.3 Å². The molecule has 1 fully saturated rings. The summed E-state index contributed by atoms with van der Waals surface area (Å²) in [5, 5.41) is 6.31. The molecule has 4 N–H and O–H groups in total. The van der Waals surface area contributed by atoms with E-state index in [1.807, 2.05) is 24.3 Å². The predicted octanol–water partition coefficient (Wildman–Crippen LogP) is 2.10. The van der Waals surface area contributed by atoms with Crippen LogP contribution in [0.3, 0.4) is 0 Å². The second-order valence-corrected chi connectivity index (χ2v) is 6.18. The highest BCUT2D eigenvalue weighted by atomic mass is 35.5. The van der Waals surface area contributed by atoms with E-state index in [-0.39, 0.29) is 30.6 Å². The second-order valence-electron chi connectivity index (χ2n) is 6.18. The maximum Gasteiger partial charge on any atom is 0.224 e. The van der Waals surface area contributed by atoms with Crippen molar-refractivity contribution in [3.8, 4) is 0 Å². The minimum atomic E-state index is -0.355. The van der Waals surface area contributed by atoms with Gasteiger partial charge in [-0.1, -0.05) is 19.1 Å². The van der Waals surface area contributed by atoms with E-state index < -0.39 is 0 Å². The molecule has 2 amide bonds. The summed E-state index contributed by atoms with van der Waals surface area (Å²) >= 11 is 0. The van der Waals surface area contributed by atoms with Crippen molar-refractivity contribution in [2.45, 2.75) is 32.6 Å². The molecule has 0 saturated carbocycles. The van der Waals surface area contributed by atoms with Crippen molar-refractivity contribution in [3.63, 3.8) is 0 Å². The summed E-state index contributed by atoms with van der Waals surface area (Å²) in [6, 6.07) is 7.25. The number of piperidine rings is 1. The van der Waals surface area contributed by atoms with E-state index in [2.05, 4.69) is 17.6 Å². The molecule has 1 aliphatic rings. The van der Waals surface area contributed by atoms with Crippen LogP contribution in [-0.4, -0.2) is 24.9 Å². The largest absolute Gasteiger partial charge is 0.369 e. The zero-order chi connectivity index (χ0) is 15.9. The molecular formula is C17H26ClN3O2. The maximum atomic E-state index is 12.1. The highest BCUT2D eigenvalue weighted by Gasteiger charge is 2.21. The van der Waals surface area contributed by atoms with Crippen LogP contribution in [0.25, 0.3) is 0 Å². The van der Waals surface area contributed by atoms with Gasteiger partial charge < -0.3 is 16.4 Å². The molecule has 5 nitrogen and oxygen atoms in total. The van der Waals surface area contributed by atoms with Gasteiger partial charge in [0.25, 0.3) is 0 Å². The molecule has 2 rings (SSSR count). The van der Waals surface area contributed by atoms with Gasteiger partial charge in [0, 0.05) is 12.1 Å². The molecule has 0 bridgehead atoms. The number of benzene rings is 1. The van der Waals surface area contributed by atoms with Crippen LogP contribution in [0.5, 0.6) is 0 Å². The predicted molar refractivity (Wildman–Crippen MR) is 94.6 cm³/mol. The number of nitrogens with two attached hydrogens (primary N) is 1. The molecule has 2 unspecified atom stereocenters. The van der Waals surface area contributed by atoms with Crippen LogP contribution in [0, 0.1) is 11.8 Å². The molecule has 1 aromatic rings. The number of halogens is 1. The van der Waals surface area contributed by atoms with E-state index in [9.17, 15) is 9.59 Å². The topological polar surface area (TPSA) is 84.2 Å². The average molecular weight is 340 g/mol. The Bertz CT molecular complexity index is 513.